The van der Waals surface area contributed by atoms with Gasteiger partial charge in [-0.2, -0.15) is 30.0 Å². The number of nitrogens with zero attached hydrogens (tertiary/aromatic N) is 7. The zero-order chi connectivity index (χ0) is 35.3. The van der Waals surface area contributed by atoms with Gasteiger partial charge < -0.3 is 30.6 Å². The molecule has 3 aromatic carbocycles. The van der Waals surface area contributed by atoms with Crippen LogP contribution in [0.2, 0.25) is 0 Å². The first kappa shape index (κ1) is 31.3. The molecule has 0 amide bonds. The lowest BCUT2D eigenvalue weighted by atomic mass is 10.0. The molecule has 0 unspecified atom stereocenters. The Bertz CT molecular complexity index is 1960. The van der Waals surface area contributed by atoms with Crippen LogP contribution in [-0.2, 0) is 0 Å². The molecule has 0 bridgehead atoms. The van der Waals surface area contributed by atoms with Crippen molar-refractivity contribution in [1.82, 2.24) is 4.90 Å². The molecule has 0 atom stereocenters. The number of hydrogen-bond acceptors (Lipinski definition) is 13. The minimum atomic E-state index is -1.47. The van der Waals surface area contributed by atoms with Gasteiger partial charge in [0.15, 0.2) is 17.5 Å². The number of carboxylic acid groups (broad SMARTS) is 6. The minimum Gasteiger partial charge on any atom is -0.478 e. The Hall–Kier alpha value is -7.70. The number of carboxylic acids is 6. The van der Waals surface area contributed by atoms with Crippen LogP contribution >= 0.6 is 0 Å². The molecule has 3 aliphatic heterocycles. The van der Waals surface area contributed by atoms with Gasteiger partial charge in [-0.3, -0.25) is 0 Å². The van der Waals surface area contributed by atoms with Gasteiger partial charge in [0.1, 0.15) is 0 Å². The molecule has 242 valence electrons. The van der Waals surface area contributed by atoms with Gasteiger partial charge in [-0.1, -0.05) is 0 Å². The highest BCUT2D eigenvalue weighted by molar-refractivity contribution is 6.34. The summed E-state index contributed by atoms with van der Waals surface area (Å²) in [6, 6.07) is 9.22. The lowest BCUT2D eigenvalue weighted by molar-refractivity contribution is 0.0676. The molecule has 3 heterocycles. The molecular formula is C30H15N7O12. The van der Waals surface area contributed by atoms with Crippen LogP contribution in [-0.4, -0.2) is 107 Å². The van der Waals surface area contributed by atoms with Crippen molar-refractivity contribution >= 4 is 71.2 Å². The molecule has 3 aromatic rings. The highest BCUT2D eigenvalue weighted by Crippen LogP contribution is 2.25. The molecule has 0 saturated heterocycles. The second kappa shape index (κ2) is 11.6. The molecule has 3 aliphatic rings. The topological polar surface area (TPSA) is 301 Å². The Kier molecular flexibility index (Phi) is 7.40. The van der Waals surface area contributed by atoms with Crippen LogP contribution in [0.1, 0.15) is 78.8 Å². The number of carbonyl (C=O) groups is 6. The van der Waals surface area contributed by atoms with Crippen molar-refractivity contribution in [2.75, 3.05) is 0 Å². The molecule has 6 rings (SSSR count). The number of aliphatic imine (C=N–C) groups is 6. The fraction of sp³-hybridized carbons (Fsp3) is 0. The van der Waals surface area contributed by atoms with Crippen molar-refractivity contribution in [2.45, 2.75) is 0 Å². The summed E-state index contributed by atoms with van der Waals surface area (Å²) in [6.07, 6.45) is 0. The van der Waals surface area contributed by atoms with Gasteiger partial charge in [-0.15, -0.1) is 0 Å². The Balaban J connectivity index is 1.62. The zero-order valence-corrected chi connectivity index (χ0v) is 24.0. The summed E-state index contributed by atoms with van der Waals surface area (Å²) in [7, 11) is 0. The SMILES string of the molecule is O=C(O)c1cc(C(=O)O)cc(C2=NC3=NC(c4cc(C(=O)O)cc(C(=O)O)c4)=NC4=NC(c5cc(C(=O)O)cc(C(=O)O)c5)=NC(=N2)N34)c1. The Morgan fingerprint density at radius 2 is 0.551 bits per heavy atom. The number of amidine groups is 3. The first-order valence-corrected chi connectivity index (χ1v) is 13.4. The Morgan fingerprint density at radius 1 is 0.347 bits per heavy atom. The molecular weight excluding hydrogens is 650 g/mol. The van der Waals surface area contributed by atoms with E-state index in [1.54, 1.807) is 0 Å². The molecule has 0 aromatic heterocycles. The van der Waals surface area contributed by atoms with Gasteiger partial charge in [0.25, 0.3) is 0 Å². The number of benzene rings is 3. The van der Waals surface area contributed by atoms with E-state index in [4.69, 9.17) is 0 Å². The average Bonchev–Trinajstić information content (AvgIpc) is 3.07. The van der Waals surface area contributed by atoms with E-state index in [2.05, 4.69) is 30.0 Å². The quantitative estimate of drug-likeness (QED) is 0.191. The third-order valence-electron chi connectivity index (χ3n) is 6.89. The highest BCUT2D eigenvalue weighted by Gasteiger charge is 2.36. The standard InChI is InChI=1S/C30H15N7O12/c38-22(39)13-1-10(2-14(7-13)23(40)41)19-31-28-33-20(11-3-15(24(42)43)8-16(4-11)25(44)45)35-30-36-21(34-29(32-19)37(28)30)12-5-17(26(46)47)9-18(6-12)27(48)49/h1-9H,(H,38,39)(H,40,41)(H,42,43)(H,44,45)(H,46,47)(H,48,49). The molecule has 19 nitrogen and oxygen atoms in total. The van der Waals surface area contributed by atoms with Crippen molar-refractivity contribution in [3.63, 3.8) is 0 Å². The Morgan fingerprint density at radius 3 is 0.735 bits per heavy atom. The summed E-state index contributed by atoms with van der Waals surface area (Å²) in [6.45, 7) is 0. The summed E-state index contributed by atoms with van der Waals surface area (Å²) < 4.78 is 0. The highest BCUT2D eigenvalue weighted by atomic mass is 16.4. The summed E-state index contributed by atoms with van der Waals surface area (Å²) >= 11 is 0. The lowest BCUT2D eigenvalue weighted by Crippen LogP contribution is -2.48. The summed E-state index contributed by atoms with van der Waals surface area (Å²) in [5.41, 5.74) is -2.91. The molecule has 19 heteroatoms. The monoisotopic (exact) mass is 665 g/mol. The molecule has 0 saturated carbocycles. The molecule has 0 spiro atoms. The van der Waals surface area contributed by atoms with E-state index in [9.17, 15) is 59.4 Å². The maximum Gasteiger partial charge on any atom is 0.335 e. The van der Waals surface area contributed by atoms with Crippen LogP contribution in [0, 0.1) is 0 Å². The number of aromatic carboxylic acids is 6. The zero-order valence-electron chi connectivity index (χ0n) is 24.0. The molecule has 6 N–H and O–H groups in total. The van der Waals surface area contributed by atoms with Crippen LogP contribution in [0.15, 0.2) is 84.6 Å². The van der Waals surface area contributed by atoms with Crippen LogP contribution in [0.25, 0.3) is 0 Å². The third kappa shape index (κ3) is 5.88. The maximum atomic E-state index is 11.8. The van der Waals surface area contributed by atoms with Crippen molar-refractivity contribution in [3.05, 3.63) is 105 Å². The van der Waals surface area contributed by atoms with E-state index in [1.807, 2.05) is 0 Å². The van der Waals surface area contributed by atoms with E-state index >= 15 is 0 Å². The van der Waals surface area contributed by atoms with E-state index in [-0.39, 0.29) is 52.1 Å². The third-order valence-corrected chi connectivity index (χ3v) is 6.89. The second-order valence-corrected chi connectivity index (χ2v) is 10.1. The molecule has 49 heavy (non-hydrogen) atoms. The average molecular weight is 665 g/mol. The summed E-state index contributed by atoms with van der Waals surface area (Å²) in [5.74, 6) is -10.6. The fourth-order valence-electron chi connectivity index (χ4n) is 4.68. The van der Waals surface area contributed by atoms with E-state index in [1.165, 1.54) is 0 Å². The predicted molar refractivity (Wildman–Crippen MR) is 165 cm³/mol. The van der Waals surface area contributed by atoms with E-state index in [0.29, 0.717) is 0 Å². The van der Waals surface area contributed by atoms with Gasteiger partial charge in [-0.05, 0) is 54.6 Å². The van der Waals surface area contributed by atoms with Gasteiger partial charge in [0.05, 0.1) is 33.4 Å². The minimum absolute atomic E-state index is 0.112. The van der Waals surface area contributed by atoms with Gasteiger partial charge in [0, 0.05) is 16.7 Å². The normalized spacial score (nSPS) is 14.6. The van der Waals surface area contributed by atoms with Crippen LogP contribution in [0.3, 0.4) is 0 Å². The van der Waals surface area contributed by atoms with Crippen molar-refractivity contribution in [3.8, 4) is 0 Å². The molecule has 0 radical (unpaired) electrons. The predicted octanol–water partition coefficient (Wildman–Crippen LogP) is 1.93. The number of guanidine groups is 3. The van der Waals surface area contributed by atoms with E-state index < -0.39 is 69.2 Å². The molecule has 0 fully saturated rings. The van der Waals surface area contributed by atoms with Gasteiger partial charge in [0.2, 0.25) is 17.9 Å². The van der Waals surface area contributed by atoms with Crippen LogP contribution < -0.4 is 0 Å². The first-order chi connectivity index (χ1) is 23.2. The van der Waals surface area contributed by atoms with Crippen molar-refractivity contribution in [2.24, 2.45) is 30.0 Å². The van der Waals surface area contributed by atoms with E-state index in [0.717, 1.165) is 59.5 Å². The largest absolute Gasteiger partial charge is 0.478 e. The van der Waals surface area contributed by atoms with Crippen molar-refractivity contribution in [1.29, 1.82) is 0 Å². The summed E-state index contributed by atoms with van der Waals surface area (Å²) in [5, 5.41) is 57.5. The first-order valence-electron chi connectivity index (χ1n) is 13.4. The van der Waals surface area contributed by atoms with Crippen LogP contribution in [0.5, 0.6) is 0 Å². The number of hydrogen-bond donors (Lipinski definition) is 6. The smallest absolute Gasteiger partial charge is 0.335 e. The Labute approximate surface area is 270 Å². The maximum absolute atomic E-state index is 11.8. The molecule has 0 aliphatic carbocycles. The fourth-order valence-corrected chi connectivity index (χ4v) is 4.68. The lowest BCUT2D eigenvalue weighted by Gasteiger charge is -2.30. The van der Waals surface area contributed by atoms with Gasteiger partial charge in [-0.25, -0.2) is 33.7 Å². The van der Waals surface area contributed by atoms with Crippen molar-refractivity contribution < 1.29 is 59.4 Å². The van der Waals surface area contributed by atoms with Crippen LogP contribution in [0.4, 0.5) is 0 Å². The summed E-state index contributed by atoms with van der Waals surface area (Å²) in [4.78, 5) is 97.8. The number of rotatable bonds is 9. The second-order valence-electron chi connectivity index (χ2n) is 10.1. The van der Waals surface area contributed by atoms with Gasteiger partial charge >= 0.3 is 35.8 Å².